The third-order valence-electron chi connectivity index (χ3n) is 4.46. The molecule has 28 heavy (non-hydrogen) atoms. The molecule has 0 fully saturated rings. The van der Waals surface area contributed by atoms with Crippen molar-refractivity contribution in [3.63, 3.8) is 0 Å². The van der Waals surface area contributed by atoms with Crippen LogP contribution in [0.4, 0.5) is 0 Å². The Bertz CT molecular complexity index is 1120. The van der Waals surface area contributed by atoms with Gasteiger partial charge in [-0.25, -0.2) is 9.36 Å². The van der Waals surface area contributed by atoms with Crippen LogP contribution in [0, 0.1) is 6.92 Å². The summed E-state index contributed by atoms with van der Waals surface area (Å²) in [6.07, 6.45) is 8.23. The van der Waals surface area contributed by atoms with Gasteiger partial charge in [0.25, 0.3) is 0 Å². The van der Waals surface area contributed by atoms with E-state index >= 15 is 0 Å². The van der Waals surface area contributed by atoms with Crippen LogP contribution in [0.15, 0.2) is 73.4 Å². The van der Waals surface area contributed by atoms with E-state index in [1.807, 2.05) is 25.3 Å². The second kappa shape index (κ2) is 7.40. The van der Waals surface area contributed by atoms with Crippen molar-refractivity contribution < 1.29 is 9.59 Å². The maximum atomic E-state index is 13.0. The lowest BCUT2D eigenvalue weighted by molar-refractivity contribution is 0.0891. The molecule has 0 amide bonds. The van der Waals surface area contributed by atoms with Crippen molar-refractivity contribution in [2.45, 2.75) is 13.3 Å². The minimum absolute atomic E-state index is 0.251. The highest BCUT2D eigenvalue weighted by molar-refractivity contribution is 6.13. The van der Waals surface area contributed by atoms with E-state index in [9.17, 15) is 9.59 Å². The van der Waals surface area contributed by atoms with Gasteiger partial charge in [0.1, 0.15) is 5.69 Å². The Labute approximate surface area is 161 Å². The fraction of sp³-hybridized carbons (Fsp3) is 0.0952. The van der Waals surface area contributed by atoms with Crippen molar-refractivity contribution >= 4 is 11.6 Å². The number of benzene rings is 1. The van der Waals surface area contributed by atoms with E-state index in [1.54, 1.807) is 58.3 Å². The highest BCUT2D eigenvalue weighted by Gasteiger charge is 2.20. The van der Waals surface area contributed by atoms with Crippen LogP contribution in [0.5, 0.6) is 0 Å². The molecule has 3 heterocycles. The van der Waals surface area contributed by atoms with Crippen molar-refractivity contribution in [1.82, 2.24) is 24.5 Å². The Kier molecular flexibility index (Phi) is 4.63. The van der Waals surface area contributed by atoms with Crippen LogP contribution >= 0.6 is 0 Å². The number of nitrogens with zero attached hydrogens (tertiary/aromatic N) is 5. The zero-order chi connectivity index (χ0) is 19.5. The molecule has 138 valence electrons. The number of Topliss-reactive ketones (excluding diaryl/α,β-unsaturated/α-hetero) is 2. The van der Waals surface area contributed by atoms with Crippen LogP contribution in [0.1, 0.15) is 32.8 Å². The zero-order valence-electron chi connectivity index (χ0n) is 15.2. The Hall–Kier alpha value is -3.87. The molecule has 0 saturated heterocycles. The van der Waals surface area contributed by atoms with Gasteiger partial charge in [0.05, 0.1) is 17.8 Å². The fourth-order valence-electron chi connectivity index (χ4n) is 3.04. The second-order valence-electron chi connectivity index (χ2n) is 6.28. The van der Waals surface area contributed by atoms with Gasteiger partial charge in [-0.05, 0) is 48.9 Å². The minimum Gasteiger partial charge on any atom is -0.294 e. The first-order valence-electron chi connectivity index (χ1n) is 8.75. The van der Waals surface area contributed by atoms with Crippen molar-refractivity contribution in [1.29, 1.82) is 0 Å². The number of rotatable bonds is 6. The molecule has 0 N–H and O–H groups in total. The number of hydrogen-bond donors (Lipinski definition) is 0. The number of carbonyl (C=O) groups is 2. The van der Waals surface area contributed by atoms with E-state index in [0.717, 1.165) is 16.9 Å². The lowest BCUT2D eigenvalue weighted by atomic mass is 9.97. The maximum absolute atomic E-state index is 13.0. The first kappa shape index (κ1) is 17.5. The molecule has 0 bridgehead atoms. The van der Waals surface area contributed by atoms with Gasteiger partial charge in [0.2, 0.25) is 0 Å². The smallest absolute Gasteiger partial charge is 0.188 e. The Morgan fingerprint density at radius 3 is 2.29 bits per heavy atom. The van der Waals surface area contributed by atoms with E-state index in [0.29, 0.717) is 5.56 Å². The summed E-state index contributed by atoms with van der Waals surface area (Å²) in [5.41, 5.74) is 2.96. The van der Waals surface area contributed by atoms with Gasteiger partial charge in [-0.3, -0.25) is 14.6 Å². The summed E-state index contributed by atoms with van der Waals surface area (Å²) in [6.45, 7) is 1.85. The monoisotopic (exact) mass is 371 g/mol. The molecule has 0 aliphatic rings. The normalized spacial score (nSPS) is 10.8. The SMILES string of the molecule is Cc1c(C(=O)CC(=O)c2ccccn2)cc(-n2cccn2)cc1-n1cccn1. The highest BCUT2D eigenvalue weighted by Crippen LogP contribution is 2.24. The average Bonchev–Trinajstić information content (AvgIpc) is 3.43. The lowest BCUT2D eigenvalue weighted by Gasteiger charge is -2.14. The molecular weight excluding hydrogens is 354 g/mol. The number of pyridine rings is 1. The molecule has 4 rings (SSSR count). The van der Waals surface area contributed by atoms with Gasteiger partial charge in [-0.1, -0.05) is 6.07 Å². The summed E-state index contributed by atoms with van der Waals surface area (Å²) in [6, 6.07) is 12.3. The first-order valence-corrected chi connectivity index (χ1v) is 8.75. The van der Waals surface area contributed by atoms with Crippen LogP contribution in [-0.4, -0.2) is 36.1 Å². The van der Waals surface area contributed by atoms with Gasteiger partial charge in [0, 0.05) is 36.5 Å². The summed E-state index contributed by atoms with van der Waals surface area (Å²) >= 11 is 0. The lowest BCUT2D eigenvalue weighted by Crippen LogP contribution is -2.13. The zero-order valence-corrected chi connectivity index (χ0v) is 15.2. The van der Waals surface area contributed by atoms with E-state index in [4.69, 9.17) is 0 Å². The average molecular weight is 371 g/mol. The molecule has 3 aromatic heterocycles. The summed E-state index contributed by atoms with van der Waals surface area (Å²) in [4.78, 5) is 29.5. The molecule has 0 atom stereocenters. The third kappa shape index (κ3) is 3.37. The van der Waals surface area contributed by atoms with Crippen molar-refractivity contribution in [3.05, 3.63) is 90.3 Å². The molecule has 0 unspecified atom stereocenters. The Balaban J connectivity index is 1.75. The van der Waals surface area contributed by atoms with E-state index in [2.05, 4.69) is 15.2 Å². The van der Waals surface area contributed by atoms with Crippen LogP contribution < -0.4 is 0 Å². The number of carbonyl (C=O) groups excluding carboxylic acids is 2. The molecule has 7 nitrogen and oxygen atoms in total. The van der Waals surface area contributed by atoms with Gasteiger partial charge >= 0.3 is 0 Å². The van der Waals surface area contributed by atoms with Crippen LogP contribution in [0.2, 0.25) is 0 Å². The third-order valence-corrected chi connectivity index (χ3v) is 4.46. The van der Waals surface area contributed by atoms with Gasteiger partial charge < -0.3 is 0 Å². The van der Waals surface area contributed by atoms with Gasteiger partial charge in [0.15, 0.2) is 11.6 Å². The van der Waals surface area contributed by atoms with E-state index in [1.165, 1.54) is 6.20 Å². The van der Waals surface area contributed by atoms with Crippen LogP contribution in [0.3, 0.4) is 0 Å². The maximum Gasteiger partial charge on any atom is 0.188 e. The van der Waals surface area contributed by atoms with Crippen molar-refractivity contribution in [2.24, 2.45) is 0 Å². The molecule has 0 radical (unpaired) electrons. The summed E-state index contributed by atoms with van der Waals surface area (Å²) in [5.74, 6) is -0.578. The van der Waals surface area contributed by atoms with Crippen LogP contribution in [-0.2, 0) is 0 Å². The summed E-state index contributed by atoms with van der Waals surface area (Å²) < 4.78 is 3.36. The van der Waals surface area contributed by atoms with E-state index < -0.39 is 0 Å². The largest absolute Gasteiger partial charge is 0.294 e. The summed E-state index contributed by atoms with van der Waals surface area (Å²) in [7, 11) is 0. The molecule has 7 heteroatoms. The minimum atomic E-state index is -0.310. The number of ketones is 2. The molecule has 4 aromatic rings. The Morgan fingerprint density at radius 2 is 1.64 bits per heavy atom. The molecule has 1 aromatic carbocycles. The van der Waals surface area contributed by atoms with Crippen LogP contribution in [0.25, 0.3) is 11.4 Å². The second-order valence-corrected chi connectivity index (χ2v) is 6.28. The molecule has 0 aliphatic carbocycles. The summed E-state index contributed by atoms with van der Waals surface area (Å²) in [5, 5.41) is 8.52. The van der Waals surface area contributed by atoms with E-state index in [-0.39, 0.29) is 23.7 Å². The molecule has 0 spiro atoms. The highest BCUT2D eigenvalue weighted by atomic mass is 16.1. The van der Waals surface area contributed by atoms with Crippen molar-refractivity contribution in [3.8, 4) is 11.4 Å². The topological polar surface area (TPSA) is 82.7 Å². The molecule has 0 saturated carbocycles. The fourth-order valence-corrected chi connectivity index (χ4v) is 3.04. The molecular formula is C21H17N5O2. The van der Waals surface area contributed by atoms with Crippen molar-refractivity contribution in [2.75, 3.05) is 0 Å². The quantitative estimate of drug-likeness (QED) is 0.384. The first-order chi connectivity index (χ1) is 13.6. The predicted octanol–water partition coefficient (Wildman–Crippen LogP) is 3.22. The number of aromatic nitrogens is 5. The standard InChI is InChI=1S/C21H17N5O2/c1-15-17(20(27)14-21(28)18-6-2-3-7-22-18)12-16(25-10-4-8-23-25)13-19(15)26-11-5-9-24-26/h2-13H,14H2,1H3. The predicted molar refractivity (Wildman–Crippen MR) is 103 cm³/mol. The van der Waals surface area contributed by atoms with Gasteiger partial charge in [-0.15, -0.1) is 0 Å². The van der Waals surface area contributed by atoms with Gasteiger partial charge in [-0.2, -0.15) is 10.2 Å². The molecule has 0 aliphatic heterocycles. The number of hydrogen-bond acceptors (Lipinski definition) is 5. The Morgan fingerprint density at radius 1 is 0.893 bits per heavy atom.